The minimum atomic E-state index is -0.839. The fourth-order valence-electron chi connectivity index (χ4n) is 0.721. The molecule has 6 heteroatoms. The highest BCUT2D eigenvalue weighted by Crippen LogP contribution is 2.01. The van der Waals surface area contributed by atoms with Gasteiger partial charge < -0.3 is 0 Å². The minimum Gasteiger partial charge on any atom is -0.275 e. The Morgan fingerprint density at radius 2 is 2.18 bits per heavy atom. The van der Waals surface area contributed by atoms with Gasteiger partial charge in [-0.15, -0.1) is 5.06 Å². The molecule has 1 saturated heterocycles. The van der Waals surface area contributed by atoms with Crippen LogP contribution in [0, 0.1) is 0 Å². The lowest BCUT2D eigenvalue weighted by Gasteiger charge is -2.21. The average molecular weight is 160 g/mol. The van der Waals surface area contributed by atoms with Gasteiger partial charge in [-0.1, -0.05) is 0 Å². The van der Waals surface area contributed by atoms with Gasteiger partial charge in [0.05, 0.1) is 7.11 Å². The molecule has 1 N–H and O–H groups in total. The number of hydrogen-bond acceptors (Lipinski definition) is 4. The van der Waals surface area contributed by atoms with Gasteiger partial charge in [0.2, 0.25) is 5.91 Å². The highest BCUT2D eigenvalue weighted by molar-refractivity contribution is 6.13. The smallest absolute Gasteiger partial charge is 0.275 e. The lowest BCUT2D eigenvalue weighted by atomic mass is 10.3. The summed E-state index contributed by atoms with van der Waals surface area (Å²) in [7, 11) is 1.17. The zero-order chi connectivity index (χ0) is 8.43. The summed E-state index contributed by atoms with van der Waals surface area (Å²) < 4.78 is 0. The van der Waals surface area contributed by atoms with Crippen LogP contribution in [0.5, 0.6) is 0 Å². The molecule has 0 aromatic heterocycles. The Morgan fingerprint density at radius 3 is 2.64 bits per heavy atom. The average Bonchev–Trinajstić information content (AvgIpc) is 1.85. The summed E-state index contributed by atoms with van der Waals surface area (Å²) in [4.78, 5) is 36.4. The van der Waals surface area contributed by atoms with E-state index in [4.69, 9.17) is 0 Å². The summed E-state index contributed by atoms with van der Waals surface area (Å²) in [6.45, 7) is 0. The Balaban J connectivity index is 0.00000121. The van der Waals surface area contributed by atoms with Crippen molar-refractivity contribution in [3.05, 3.63) is 0 Å². The van der Waals surface area contributed by atoms with Crippen molar-refractivity contribution in [2.45, 2.75) is 6.42 Å². The SMILES string of the molecule is CON1C(=O)CC(=O)NC1=O.[HH]. The molecule has 1 rings (SSSR count). The zero-order valence-corrected chi connectivity index (χ0v) is 5.79. The Morgan fingerprint density at radius 1 is 1.55 bits per heavy atom. The second-order valence-corrected chi connectivity index (χ2v) is 1.90. The van der Waals surface area contributed by atoms with E-state index in [-0.39, 0.29) is 7.85 Å². The molecule has 4 amide bonds. The van der Waals surface area contributed by atoms with E-state index in [0.29, 0.717) is 5.06 Å². The normalized spacial score (nSPS) is 18.6. The zero-order valence-electron chi connectivity index (χ0n) is 5.79. The maximum Gasteiger partial charge on any atom is 0.355 e. The lowest BCUT2D eigenvalue weighted by molar-refractivity contribution is -0.165. The minimum absolute atomic E-state index is 0. The summed E-state index contributed by atoms with van der Waals surface area (Å²) in [5.41, 5.74) is 0. The molecular formula is C5H8N2O4. The third-order valence-corrected chi connectivity index (χ3v) is 1.15. The molecule has 1 heterocycles. The molecule has 0 unspecified atom stereocenters. The second-order valence-electron chi connectivity index (χ2n) is 1.90. The Kier molecular flexibility index (Phi) is 1.86. The van der Waals surface area contributed by atoms with Crippen LogP contribution in [0.1, 0.15) is 7.85 Å². The maximum absolute atomic E-state index is 10.8. The number of carbonyl (C=O) groups excluding carboxylic acids is 3. The third kappa shape index (κ3) is 1.35. The van der Waals surface area contributed by atoms with Crippen molar-refractivity contribution in [2.24, 2.45) is 0 Å². The monoisotopic (exact) mass is 160 g/mol. The third-order valence-electron chi connectivity index (χ3n) is 1.15. The molecule has 1 aliphatic heterocycles. The topological polar surface area (TPSA) is 75.7 Å². The molecule has 0 atom stereocenters. The lowest BCUT2D eigenvalue weighted by Crippen LogP contribution is -2.51. The molecule has 0 spiro atoms. The van der Waals surface area contributed by atoms with E-state index >= 15 is 0 Å². The number of imide groups is 2. The van der Waals surface area contributed by atoms with Crippen molar-refractivity contribution >= 4 is 17.8 Å². The quantitative estimate of drug-likeness (QED) is 0.512. The molecule has 1 aliphatic rings. The van der Waals surface area contributed by atoms with Gasteiger partial charge in [0.25, 0.3) is 5.91 Å². The van der Waals surface area contributed by atoms with Gasteiger partial charge in [-0.2, -0.15) is 0 Å². The Hall–Kier alpha value is -1.43. The molecular weight excluding hydrogens is 152 g/mol. The number of nitrogens with one attached hydrogen (secondary N) is 1. The summed E-state index contributed by atoms with van der Waals surface area (Å²) >= 11 is 0. The van der Waals surface area contributed by atoms with Gasteiger partial charge in [-0.3, -0.25) is 19.7 Å². The van der Waals surface area contributed by atoms with Crippen molar-refractivity contribution < 1.29 is 20.6 Å². The summed E-state index contributed by atoms with van der Waals surface area (Å²) in [5.74, 6) is -1.26. The fourth-order valence-corrected chi connectivity index (χ4v) is 0.721. The molecule has 62 valence electrons. The molecule has 0 bridgehead atoms. The number of nitrogens with zero attached hydrogens (tertiary/aromatic N) is 1. The first-order chi connectivity index (χ1) is 5.15. The van der Waals surface area contributed by atoms with E-state index in [1.165, 1.54) is 7.11 Å². The van der Waals surface area contributed by atoms with Crippen molar-refractivity contribution in [1.29, 1.82) is 0 Å². The van der Waals surface area contributed by atoms with Crippen molar-refractivity contribution in [1.82, 2.24) is 10.4 Å². The van der Waals surface area contributed by atoms with Crippen LogP contribution in [0.15, 0.2) is 0 Å². The van der Waals surface area contributed by atoms with E-state index in [9.17, 15) is 14.4 Å². The molecule has 6 nitrogen and oxygen atoms in total. The molecule has 0 radical (unpaired) electrons. The number of barbiturate groups is 1. The number of hydroxylamine groups is 2. The van der Waals surface area contributed by atoms with E-state index in [0.717, 1.165) is 0 Å². The maximum atomic E-state index is 10.8. The molecule has 0 aliphatic carbocycles. The molecule has 11 heavy (non-hydrogen) atoms. The number of rotatable bonds is 1. The number of hydrogen-bond donors (Lipinski definition) is 1. The van der Waals surface area contributed by atoms with Crippen LogP contribution in [0.25, 0.3) is 0 Å². The van der Waals surface area contributed by atoms with Crippen LogP contribution in [0.2, 0.25) is 0 Å². The molecule has 0 saturated carbocycles. The number of urea groups is 1. The highest BCUT2D eigenvalue weighted by atomic mass is 16.7. The summed E-state index contributed by atoms with van der Waals surface area (Å²) in [6, 6.07) is -0.839. The number of carbonyl (C=O) groups is 3. The summed E-state index contributed by atoms with van der Waals surface area (Å²) in [5, 5.41) is 2.41. The van der Waals surface area contributed by atoms with Crippen LogP contribution in [-0.2, 0) is 14.4 Å². The number of amides is 4. The predicted octanol–water partition coefficient (Wildman–Crippen LogP) is -0.738. The van der Waals surface area contributed by atoms with Gasteiger partial charge in [-0.05, 0) is 0 Å². The van der Waals surface area contributed by atoms with Gasteiger partial charge in [0.15, 0.2) is 0 Å². The van der Waals surface area contributed by atoms with E-state index in [1.54, 1.807) is 0 Å². The first-order valence-electron chi connectivity index (χ1n) is 2.86. The van der Waals surface area contributed by atoms with E-state index < -0.39 is 17.8 Å². The van der Waals surface area contributed by atoms with Gasteiger partial charge >= 0.3 is 6.03 Å². The fraction of sp³-hybridized carbons (Fsp3) is 0.400. The standard InChI is InChI=1S/C5H6N2O4.H2/c1-11-7-4(9)2-3(8)6-5(7)10;/h2H2,1H3,(H,6,8,10);1H. The van der Waals surface area contributed by atoms with Crippen LogP contribution in [0.4, 0.5) is 4.79 Å². The van der Waals surface area contributed by atoms with Gasteiger partial charge in [0.1, 0.15) is 6.42 Å². The Bertz CT molecular complexity index is 209. The van der Waals surface area contributed by atoms with Crippen molar-refractivity contribution in [2.75, 3.05) is 7.11 Å². The van der Waals surface area contributed by atoms with Crippen molar-refractivity contribution in [3.63, 3.8) is 0 Å². The van der Waals surface area contributed by atoms with Crippen LogP contribution >= 0.6 is 0 Å². The van der Waals surface area contributed by atoms with Gasteiger partial charge in [-0.25, -0.2) is 4.79 Å². The predicted molar refractivity (Wildman–Crippen MR) is 34.1 cm³/mol. The largest absolute Gasteiger partial charge is 0.355 e. The first kappa shape index (κ1) is 7.67. The highest BCUT2D eigenvalue weighted by Gasteiger charge is 2.30. The van der Waals surface area contributed by atoms with Crippen molar-refractivity contribution in [3.8, 4) is 0 Å². The van der Waals surface area contributed by atoms with Gasteiger partial charge in [0, 0.05) is 1.43 Å². The molecule has 1 fully saturated rings. The van der Waals surface area contributed by atoms with E-state index in [1.807, 2.05) is 5.32 Å². The van der Waals surface area contributed by atoms with E-state index in [2.05, 4.69) is 4.84 Å². The first-order valence-corrected chi connectivity index (χ1v) is 2.86. The van der Waals surface area contributed by atoms with Crippen LogP contribution in [-0.4, -0.2) is 30.0 Å². The van der Waals surface area contributed by atoms with Crippen LogP contribution < -0.4 is 5.32 Å². The van der Waals surface area contributed by atoms with Crippen LogP contribution in [0.3, 0.4) is 0 Å². The molecule has 0 aromatic carbocycles. The summed E-state index contributed by atoms with van der Waals surface area (Å²) in [6.07, 6.45) is -0.348. The Labute approximate surface area is 63.5 Å². The molecule has 0 aromatic rings. The second kappa shape index (κ2) is 2.67.